The molecule has 1 unspecified atom stereocenters. The van der Waals surface area contributed by atoms with Crippen molar-refractivity contribution in [1.29, 1.82) is 0 Å². The van der Waals surface area contributed by atoms with E-state index < -0.39 is 6.10 Å². The van der Waals surface area contributed by atoms with Crippen molar-refractivity contribution in [3.8, 4) is 0 Å². The van der Waals surface area contributed by atoms with E-state index in [2.05, 4.69) is 11.2 Å². The highest BCUT2D eigenvalue weighted by molar-refractivity contribution is 5.28. The highest BCUT2D eigenvalue weighted by atomic mass is 16.3. The highest BCUT2D eigenvalue weighted by Gasteiger charge is 2.19. The molecule has 1 atom stereocenters. The van der Waals surface area contributed by atoms with Gasteiger partial charge in [-0.1, -0.05) is 6.08 Å². The predicted molar refractivity (Wildman–Crippen MR) is 59.5 cm³/mol. The fourth-order valence-electron chi connectivity index (χ4n) is 2.10. The Hall–Kier alpha value is -1.09. The molecule has 0 aliphatic heterocycles. The van der Waals surface area contributed by atoms with Gasteiger partial charge in [0, 0.05) is 18.3 Å². The molecule has 1 aliphatic rings. The van der Waals surface area contributed by atoms with E-state index in [0.717, 1.165) is 29.7 Å². The number of allylic oxidation sites excluding steroid dienone is 1. The summed E-state index contributed by atoms with van der Waals surface area (Å²) in [4.78, 5) is 0. The molecule has 1 aromatic heterocycles. The minimum absolute atomic E-state index is 0.445. The molecule has 0 saturated carbocycles. The van der Waals surface area contributed by atoms with E-state index in [-0.39, 0.29) is 0 Å². The van der Waals surface area contributed by atoms with Gasteiger partial charge in [-0.3, -0.25) is 4.68 Å². The van der Waals surface area contributed by atoms with Gasteiger partial charge in [-0.2, -0.15) is 5.10 Å². The Morgan fingerprint density at radius 1 is 1.47 bits per heavy atom. The van der Waals surface area contributed by atoms with Crippen molar-refractivity contribution < 1.29 is 5.11 Å². The van der Waals surface area contributed by atoms with Gasteiger partial charge in [0.15, 0.2) is 0 Å². The zero-order valence-corrected chi connectivity index (χ0v) is 9.40. The van der Waals surface area contributed by atoms with E-state index in [9.17, 15) is 5.11 Å². The largest absolute Gasteiger partial charge is 0.384 e. The van der Waals surface area contributed by atoms with Crippen molar-refractivity contribution in [1.82, 2.24) is 9.78 Å². The minimum atomic E-state index is -0.445. The van der Waals surface area contributed by atoms with Crippen LogP contribution in [0.4, 0.5) is 0 Å². The maximum atomic E-state index is 10.2. The summed E-state index contributed by atoms with van der Waals surface area (Å²) in [6, 6.07) is 0. The zero-order chi connectivity index (χ0) is 10.8. The summed E-state index contributed by atoms with van der Waals surface area (Å²) >= 11 is 0. The van der Waals surface area contributed by atoms with Gasteiger partial charge in [0.1, 0.15) is 6.10 Å². The van der Waals surface area contributed by atoms with Crippen LogP contribution in [-0.2, 0) is 7.05 Å². The lowest BCUT2D eigenvalue weighted by Gasteiger charge is -2.18. The maximum absolute atomic E-state index is 10.2. The van der Waals surface area contributed by atoms with Gasteiger partial charge < -0.3 is 5.11 Å². The number of aliphatic hydroxyl groups is 1. The molecule has 0 radical (unpaired) electrons. The number of aliphatic hydroxyl groups excluding tert-OH is 1. The first-order valence-electron chi connectivity index (χ1n) is 5.55. The molecule has 0 saturated heterocycles. The van der Waals surface area contributed by atoms with Crippen molar-refractivity contribution >= 4 is 0 Å². The van der Waals surface area contributed by atoms with Gasteiger partial charge >= 0.3 is 0 Å². The lowest BCUT2D eigenvalue weighted by Crippen LogP contribution is -2.06. The lowest BCUT2D eigenvalue weighted by molar-refractivity contribution is 0.207. The van der Waals surface area contributed by atoms with Crippen LogP contribution < -0.4 is 0 Å². The van der Waals surface area contributed by atoms with Crippen molar-refractivity contribution in [2.75, 3.05) is 0 Å². The quantitative estimate of drug-likeness (QED) is 0.754. The zero-order valence-electron chi connectivity index (χ0n) is 9.40. The summed E-state index contributed by atoms with van der Waals surface area (Å²) < 4.78 is 1.81. The van der Waals surface area contributed by atoms with E-state index in [1.54, 1.807) is 6.20 Å². The number of aromatic nitrogens is 2. The number of rotatable bonds is 2. The first-order chi connectivity index (χ1) is 7.20. The van der Waals surface area contributed by atoms with Gasteiger partial charge in [-0.05, 0) is 38.2 Å². The van der Waals surface area contributed by atoms with E-state index in [1.807, 2.05) is 18.7 Å². The highest BCUT2D eigenvalue weighted by Crippen LogP contribution is 2.30. The van der Waals surface area contributed by atoms with E-state index in [4.69, 9.17) is 0 Å². The molecule has 0 fully saturated rings. The summed E-state index contributed by atoms with van der Waals surface area (Å²) in [5.74, 6) is 0. The summed E-state index contributed by atoms with van der Waals surface area (Å²) in [5, 5.41) is 14.4. The molecule has 3 nitrogen and oxygen atoms in total. The molecule has 0 spiro atoms. The van der Waals surface area contributed by atoms with E-state index in [1.165, 1.54) is 12.8 Å². The van der Waals surface area contributed by atoms with E-state index >= 15 is 0 Å². The predicted octanol–water partition coefficient (Wildman–Crippen LogP) is 2.26. The molecule has 1 aliphatic carbocycles. The fraction of sp³-hybridized carbons (Fsp3) is 0.583. The fourth-order valence-corrected chi connectivity index (χ4v) is 2.10. The molecule has 3 heteroatoms. The molecule has 1 heterocycles. The van der Waals surface area contributed by atoms with Crippen LogP contribution in [0.1, 0.15) is 43.0 Å². The Bertz CT molecular complexity index is 379. The third-order valence-electron chi connectivity index (χ3n) is 3.25. The Balaban J connectivity index is 2.23. The summed E-state index contributed by atoms with van der Waals surface area (Å²) in [5.41, 5.74) is 3.16. The number of nitrogens with zero attached hydrogens (tertiary/aromatic N) is 2. The lowest BCUT2D eigenvalue weighted by atomic mass is 9.92. The number of hydrogen-bond acceptors (Lipinski definition) is 2. The Kier molecular flexibility index (Phi) is 2.91. The van der Waals surface area contributed by atoms with Gasteiger partial charge in [-0.25, -0.2) is 0 Å². The second-order valence-corrected chi connectivity index (χ2v) is 4.24. The first kappa shape index (κ1) is 10.4. The second-order valence-electron chi connectivity index (χ2n) is 4.24. The van der Waals surface area contributed by atoms with Gasteiger partial charge in [0.05, 0.1) is 6.20 Å². The average molecular weight is 206 g/mol. The monoisotopic (exact) mass is 206 g/mol. The molecule has 0 amide bonds. The van der Waals surface area contributed by atoms with Gasteiger partial charge in [0.2, 0.25) is 0 Å². The topological polar surface area (TPSA) is 38.1 Å². The smallest absolute Gasteiger partial charge is 0.103 e. The van der Waals surface area contributed by atoms with Crippen LogP contribution >= 0.6 is 0 Å². The van der Waals surface area contributed by atoms with Crippen LogP contribution in [0.2, 0.25) is 0 Å². The summed E-state index contributed by atoms with van der Waals surface area (Å²) in [6.07, 6.45) is 8.08. The SMILES string of the molecule is Cc1c(C(O)C2=CCCCC2)cnn1C. The van der Waals surface area contributed by atoms with Crippen LogP contribution in [0, 0.1) is 6.92 Å². The van der Waals surface area contributed by atoms with Gasteiger partial charge in [-0.15, -0.1) is 0 Å². The third-order valence-corrected chi connectivity index (χ3v) is 3.25. The van der Waals surface area contributed by atoms with E-state index in [0.29, 0.717) is 0 Å². The van der Waals surface area contributed by atoms with Gasteiger partial charge in [0.25, 0.3) is 0 Å². The molecule has 1 aromatic rings. The summed E-state index contributed by atoms with van der Waals surface area (Å²) in [6.45, 7) is 1.99. The normalized spacial score (nSPS) is 18.7. The van der Waals surface area contributed by atoms with Crippen molar-refractivity contribution in [2.24, 2.45) is 7.05 Å². The van der Waals surface area contributed by atoms with Crippen LogP contribution in [0.25, 0.3) is 0 Å². The molecule has 15 heavy (non-hydrogen) atoms. The van der Waals surface area contributed by atoms with Crippen molar-refractivity contribution in [3.05, 3.63) is 29.1 Å². The van der Waals surface area contributed by atoms with Crippen molar-refractivity contribution in [2.45, 2.75) is 38.7 Å². The molecule has 0 aromatic carbocycles. The molecule has 1 N–H and O–H groups in total. The number of aryl methyl sites for hydroxylation is 1. The minimum Gasteiger partial charge on any atom is -0.384 e. The van der Waals surface area contributed by atoms with Crippen LogP contribution in [0.3, 0.4) is 0 Å². The number of hydrogen-bond donors (Lipinski definition) is 1. The molecule has 82 valence electrons. The molecular formula is C12H18N2O. The standard InChI is InChI=1S/C12H18N2O/c1-9-11(8-13-14(9)2)12(15)10-6-4-3-5-7-10/h6,8,12,15H,3-5,7H2,1-2H3. The first-order valence-corrected chi connectivity index (χ1v) is 5.55. The Labute approximate surface area is 90.4 Å². The maximum Gasteiger partial charge on any atom is 0.103 e. The van der Waals surface area contributed by atoms with Crippen molar-refractivity contribution in [3.63, 3.8) is 0 Å². The second kappa shape index (κ2) is 4.19. The molecular weight excluding hydrogens is 188 g/mol. The summed E-state index contributed by atoms with van der Waals surface area (Å²) in [7, 11) is 1.90. The third kappa shape index (κ3) is 1.97. The average Bonchev–Trinajstić information content (AvgIpc) is 2.60. The van der Waals surface area contributed by atoms with Crippen LogP contribution in [0.5, 0.6) is 0 Å². The Morgan fingerprint density at radius 2 is 2.27 bits per heavy atom. The van der Waals surface area contributed by atoms with Crippen LogP contribution in [-0.4, -0.2) is 14.9 Å². The molecule has 2 rings (SSSR count). The Morgan fingerprint density at radius 3 is 2.80 bits per heavy atom. The molecule has 0 bridgehead atoms. The van der Waals surface area contributed by atoms with Crippen LogP contribution in [0.15, 0.2) is 17.8 Å².